The van der Waals surface area contributed by atoms with Crippen molar-refractivity contribution in [1.29, 1.82) is 0 Å². The van der Waals surface area contributed by atoms with E-state index >= 15 is 0 Å². The lowest BCUT2D eigenvalue weighted by Gasteiger charge is -2.12. The van der Waals surface area contributed by atoms with E-state index in [2.05, 4.69) is 10.4 Å². The minimum Gasteiger partial charge on any atom is -0.497 e. The number of nitrogens with one attached hydrogen (secondary N) is 1. The second-order valence-electron chi connectivity index (χ2n) is 7.33. The van der Waals surface area contributed by atoms with Crippen molar-refractivity contribution < 1.29 is 23.9 Å². The average Bonchev–Trinajstić information content (AvgIpc) is 3.34. The Labute approximate surface area is 200 Å². The average molecular weight is 474 g/mol. The van der Waals surface area contributed by atoms with Gasteiger partial charge in [0.1, 0.15) is 22.9 Å². The zero-order valence-electron chi connectivity index (χ0n) is 19.2. The maximum atomic E-state index is 13.5. The molecule has 1 N–H and O–H groups in total. The second-order valence-corrected chi connectivity index (χ2v) is 7.33. The lowest BCUT2D eigenvalue weighted by Crippen LogP contribution is -2.13. The summed E-state index contributed by atoms with van der Waals surface area (Å²) >= 11 is 0. The van der Waals surface area contributed by atoms with Crippen molar-refractivity contribution in [2.75, 3.05) is 26.6 Å². The molecule has 0 spiro atoms. The smallest absolute Gasteiger partial charge is 0.271 e. The minimum atomic E-state index is -0.547. The number of hydrogen-bond donors (Lipinski definition) is 1. The van der Waals surface area contributed by atoms with Gasteiger partial charge in [-0.25, -0.2) is 4.68 Å². The summed E-state index contributed by atoms with van der Waals surface area (Å²) in [4.78, 5) is 24.2. The van der Waals surface area contributed by atoms with Crippen LogP contribution < -0.4 is 19.5 Å². The molecule has 4 aromatic rings. The number of nitrogens with zero attached hydrogens (tertiary/aromatic N) is 3. The fourth-order valence-corrected chi connectivity index (χ4v) is 3.55. The summed E-state index contributed by atoms with van der Waals surface area (Å²) in [5.41, 5.74) is 1.80. The van der Waals surface area contributed by atoms with Gasteiger partial charge in [0.25, 0.3) is 11.6 Å². The standard InChI is InChI=1S/C25H22N4O6/c1-33-18-10-12-22(34-2)19(14-18)24-20(15-28(27-24)16-7-5-4-6-8-16)25(30)26-21-13-17(29(31)32)9-11-23(21)35-3/h4-15H,1-3H3,(H,26,30). The van der Waals surface area contributed by atoms with Gasteiger partial charge >= 0.3 is 0 Å². The molecule has 1 amide bonds. The van der Waals surface area contributed by atoms with Crippen molar-refractivity contribution in [1.82, 2.24) is 9.78 Å². The topological polar surface area (TPSA) is 118 Å². The van der Waals surface area contributed by atoms with E-state index in [0.29, 0.717) is 22.8 Å². The van der Waals surface area contributed by atoms with Crippen molar-refractivity contribution in [2.45, 2.75) is 0 Å². The molecule has 0 radical (unpaired) electrons. The number of ether oxygens (including phenoxy) is 3. The summed E-state index contributed by atoms with van der Waals surface area (Å²) in [6, 6.07) is 18.4. The number of nitro benzene ring substituents is 1. The molecule has 0 aliphatic rings. The Morgan fingerprint density at radius 3 is 2.31 bits per heavy atom. The quantitative estimate of drug-likeness (QED) is 0.290. The number of non-ortho nitro benzene ring substituents is 1. The van der Waals surface area contributed by atoms with Gasteiger partial charge in [-0.05, 0) is 36.4 Å². The van der Waals surface area contributed by atoms with Gasteiger partial charge in [0, 0.05) is 23.9 Å². The summed E-state index contributed by atoms with van der Waals surface area (Å²) in [6.07, 6.45) is 1.59. The maximum absolute atomic E-state index is 13.5. The van der Waals surface area contributed by atoms with Gasteiger partial charge < -0.3 is 19.5 Å². The van der Waals surface area contributed by atoms with Gasteiger partial charge in [0.2, 0.25) is 0 Å². The van der Waals surface area contributed by atoms with Crippen LogP contribution in [0.4, 0.5) is 11.4 Å². The molecule has 0 fully saturated rings. The molecule has 0 saturated heterocycles. The number of carbonyl (C=O) groups is 1. The molecule has 10 heteroatoms. The predicted octanol–water partition coefficient (Wildman–Crippen LogP) is 4.73. The Hall–Kier alpha value is -4.86. The molecule has 35 heavy (non-hydrogen) atoms. The van der Waals surface area contributed by atoms with Crippen molar-refractivity contribution in [2.24, 2.45) is 0 Å². The van der Waals surface area contributed by atoms with Crippen LogP contribution in [0.5, 0.6) is 17.2 Å². The third-order valence-corrected chi connectivity index (χ3v) is 5.28. The first kappa shape index (κ1) is 23.3. The Morgan fingerprint density at radius 1 is 0.943 bits per heavy atom. The molecule has 10 nitrogen and oxygen atoms in total. The summed E-state index contributed by atoms with van der Waals surface area (Å²) in [5.74, 6) is 0.790. The largest absolute Gasteiger partial charge is 0.497 e. The Kier molecular flexibility index (Phi) is 6.63. The number of anilines is 1. The van der Waals surface area contributed by atoms with Crippen LogP contribution in [0, 0.1) is 10.1 Å². The fourth-order valence-electron chi connectivity index (χ4n) is 3.55. The van der Waals surface area contributed by atoms with Gasteiger partial charge in [0.15, 0.2) is 0 Å². The number of hydrogen-bond acceptors (Lipinski definition) is 7. The number of benzene rings is 3. The van der Waals surface area contributed by atoms with E-state index in [4.69, 9.17) is 14.2 Å². The van der Waals surface area contributed by atoms with Crippen LogP contribution in [0.3, 0.4) is 0 Å². The fraction of sp³-hybridized carbons (Fsp3) is 0.120. The summed E-state index contributed by atoms with van der Waals surface area (Å²) < 4.78 is 17.7. The van der Waals surface area contributed by atoms with Gasteiger partial charge in [-0.15, -0.1) is 0 Å². The van der Waals surface area contributed by atoms with Crippen LogP contribution in [0.1, 0.15) is 10.4 Å². The highest BCUT2D eigenvalue weighted by atomic mass is 16.6. The molecule has 1 heterocycles. The minimum absolute atomic E-state index is 0.155. The van der Waals surface area contributed by atoms with Crippen LogP contribution in [-0.4, -0.2) is 41.9 Å². The van der Waals surface area contributed by atoms with E-state index < -0.39 is 10.8 Å². The molecule has 0 bridgehead atoms. The van der Waals surface area contributed by atoms with Crippen LogP contribution >= 0.6 is 0 Å². The third-order valence-electron chi connectivity index (χ3n) is 5.28. The highest BCUT2D eigenvalue weighted by molar-refractivity contribution is 6.09. The molecule has 1 aromatic heterocycles. The first-order valence-corrected chi connectivity index (χ1v) is 10.5. The van der Waals surface area contributed by atoms with Gasteiger partial charge in [-0.1, -0.05) is 18.2 Å². The maximum Gasteiger partial charge on any atom is 0.271 e. The van der Waals surface area contributed by atoms with E-state index in [9.17, 15) is 14.9 Å². The molecule has 0 aliphatic heterocycles. The highest BCUT2D eigenvalue weighted by Gasteiger charge is 2.23. The van der Waals surface area contributed by atoms with Crippen LogP contribution in [0.25, 0.3) is 16.9 Å². The van der Waals surface area contributed by atoms with Crippen molar-refractivity contribution in [3.63, 3.8) is 0 Å². The van der Waals surface area contributed by atoms with E-state index in [1.54, 1.807) is 29.1 Å². The third kappa shape index (κ3) is 4.76. The highest BCUT2D eigenvalue weighted by Crippen LogP contribution is 2.36. The van der Waals surface area contributed by atoms with Gasteiger partial charge in [-0.3, -0.25) is 14.9 Å². The number of aromatic nitrogens is 2. The molecule has 178 valence electrons. The number of carbonyl (C=O) groups excluding carboxylic acids is 1. The molecule has 0 saturated carbocycles. The van der Waals surface area contributed by atoms with E-state index in [1.165, 1.54) is 39.5 Å². The summed E-state index contributed by atoms with van der Waals surface area (Å²) in [5, 5.41) is 18.6. The van der Waals surface area contributed by atoms with Crippen molar-refractivity contribution in [3.8, 4) is 34.2 Å². The van der Waals surface area contributed by atoms with E-state index in [1.807, 2.05) is 30.3 Å². The molecule has 0 atom stereocenters. The zero-order valence-corrected chi connectivity index (χ0v) is 19.2. The number of amides is 1. The molecule has 0 unspecified atom stereocenters. The van der Waals surface area contributed by atoms with E-state index in [0.717, 1.165) is 5.69 Å². The first-order chi connectivity index (χ1) is 16.9. The monoisotopic (exact) mass is 474 g/mol. The Balaban J connectivity index is 1.84. The summed E-state index contributed by atoms with van der Waals surface area (Å²) in [6.45, 7) is 0. The molecule has 0 aliphatic carbocycles. The molecular weight excluding hydrogens is 452 g/mol. The molecule has 3 aromatic carbocycles. The summed E-state index contributed by atoms with van der Waals surface area (Å²) in [7, 11) is 4.47. The predicted molar refractivity (Wildman–Crippen MR) is 130 cm³/mol. The van der Waals surface area contributed by atoms with Crippen LogP contribution in [0.15, 0.2) is 72.9 Å². The second kappa shape index (κ2) is 9.96. The Bertz CT molecular complexity index is 1380. The number of rotatable bonds is 8. The lowest BCUT2D eigenvalue weighted by molar-refractivity contribution is -0.384. The zero-order chi connectivity index (χ0) is 24.9. The number of methoxy groups -OCH3 is 3. The molecular formula is C25H22N4O6. The van der Waals surface area contributed by atoms with Crippen LogP contribution in [0.2, 0.25) is 0 Å². The molecule has 4 rings (SSSR count). The van der Waals surface area contributed by atoms with Gasteiger partial charge in [-0.2, -0.15) is 5.10 Å². The first-order valence-electron chi connectivity index (χ1n) is 10.5. The Morgan fingerprint density at radius 2 is 1.66 bits per heavy atom. The van der Waals surface area contributed by atoms with Gasteiger partial charge in [0.05, 0.1) is 43.2 Å². The number of para-hydroxylation sites is 1. The van der Waals surface area contributed by atoms with E-state index in [-0.39, 0.29) is 22.7 Å². The number of nitro groups is 1. The lowest BCUT2D eigenvalue weighted by atomic mass is 10.1. The van der Waals surface area contributed by atoms with Crippen molar-refractivity contribution in [3.05, 3.63) is 88.6 Å². The van der Waals surface area contributed by atoms with Crippen molar-refractivity contribution >= 4 is 17.3 Å². The van der Waals surface area contributed by atoms with Crippen LogP contribution in [-0.2, 0) is 0 Å². The normalized spacial score (nSPS) is 10.5. The SMILES string of the molecule is COc1ccc(OC)c(-c2nn(-c3ccccc3)cc2C(=O)Nc2cc([N+](=O)[O-])ccc2OC)c1.